The summed E-state index contributed by atoms with van der Waals surface area (Å²) in [5.74, 6) is -1.70. The first kappa shape index (κ1) is 13.9. The van der Waals surface area contributed by atoms with Gasteiger partial charge in [0.1, 0.15) is 6.42 Å². The van der Waals surface area contributed by atoms with Crippen molar-refractivity contribution < 1.29 is 24.2 Å². The van der Waals surface area contributed by atoms with Gasteiger partial charge in [0.15, 0.2) is 6.29 Å². The fourth-order valence-corrected chi connectivity index (χ4v) is 0.935. The predicted molar refractivity (Wildman–Crippen MR) is 52.3 cm³/mol. The Balaban J connectivity index is 3.77. The number of carbonyl (C=O) groups is 2. The minimum Gasteiger partial charge on any atom is -0.481 e. The highest BCUT2D eigenvalue weighted by Crippen LogP contribution is 1.93. The molecule has 0 aromatic heterocycles. The van der Waals surface area contributed by atoms with E-state index in [4.69, 9.17) is 14.6 Å². The largest absolute Gasteiger partial charge is 0.481 e. The Hall–Kier alpha value is -1.14. The van der Waals surface area contributed by atoms with Crippen molar-refractivity contribution in [1.29, 1.82) is 0 Å². The molecule has 88 valence electrons. The molecule has 0 aliphatic heterocycles. The quantitative estimate of drug-likeness (QED) is 0.442. The molecule has 1 amide bonds. The predicted octanol–water partition coefficient (Wildman–Crippen LogP) is -0.0236. The molecule has 0 saturated carbocycles. The van der Waals surface area contributed by atoms with E-state index in [-0.39, 0.29) is 6.54 Å². The number of carboxylic acid groups (broad SMARTS) is 1. The highest BCUT2D eigenvalue weighted by atomic mass is 16.7. The summed E-state index contributed by atoms with van der Waals surface area (Å²) in [6.45, 7) is 4.73. The second kappa shape index (κ2) is 8.19. The minimum atomic E-state index is -1.16. The van der Waals surface area contributed by atoms with Gasteiger partial charge in [-0.05, 0) is 13.8 Å². The van der Waals surface area contributed by atoms with Crippen molar-refractivity contribution in [3.63, 3.8) is 0 Å². The Morgan fingerprint density at radius 1 is 1.27 bits per heavy atom. The van der Waals surface area contributed by atoms with Crippen LogP contribution in [0.1, 0.15) is 20.3 Å². The number of amides is 1. The Kier molecular flexibility index (Phi) is 7.57. The van der Waals surface area contributed by atoms with Crippen molar-refractivity contribution >= 4 is 11.9 Å². The molecule has 0 fully saturated rings. The molecule has 6 nitrogen and oxygen atoms in total. The van der Waals surface area contributed by atoms with E-state index in [1.165, 1.54) is 0 Å². The lowest BCUT2D eigenvalue weighted by Crippen LogP contribution is -2.36. The van der Waals surface area contributed by atoms with Crippen molar-refractivity contribution in [2.45, 2.75) is 26.6 Å². The molecule has 0 spiro atoms. The van der Waals surface area contributed by atoms with Gasteiger partial charge in [-0.2, -0.15) is 0 Å². The molecular weight excluding hydrogens is 202 g/mol. The summed E-state index contributed by atoms with van der Waals surface area (Å²) in [6.07, 6.45) is -1.05. The zero-order chi connectivity index (χ0) is 11.7. The molecule has 0 radical (unpaired) electrons. The van der Waals surface area contributed by atoms with E-state index in [0.29, 0.717) is 13.2 Å². The van der Waals surface area contributed by atoms with Gasteiger partial charge in [0, 0.05) is 13.2 Å². The minimum absolute atomic E-state index is 0.161. The van der Waals surface area contributed by atoms with Crippen LogP contribution in [0.5, 0.6) is 0 Å². The van der Waals surface area contributed by atoms with Crippen LogP contribution in [0, 0.1) is 0 Å². The van der Waals surface area contributed by atoms with Crippen molar-refractivity contribution in [3.05, 3.63) is 0 Å². The number of carboxylic acids is 1. The maximum absolute atomic E-state index is 11.0. The molecule has 0 aromatic rings. The van der Waals surface area contributed by atoms with E-state index < -0.39 is 24.6 Å². The summed E-state index contributed by atoms with van der Waals surface area (Å²) in [4.78, 5) is 21.1. The Morgan fingerprint density at radius 2 is 1.80 bits per heavy atom. The third-order valence-corrected chi connectivity index (χ3v) is 1.48. The van der Waals surface area contributed by atoms with Crippen LogP contribution in [-0.2, 0) is 19.1 Å². The van der Waals surface area contributed by atoms with Crippen LogP contribution >= 0.6 is 0 Å². The molecule has 0 unspecified atom stereocenters. The number of carbonyl (C=O) groups excluding carboxylic acids is 1. The molecule has 0 aliphatic rings. The van der Waals surface area contributed by atoms with Gasteiger partial charge in [0.05, 0.1) is 6.54 Å². The third-order valence-electron chi connectivity index (χ3n) is 1.48. The fourth-order valence-electron chi connectivity index (χ4n) is 0.935. The molecule has 0 rings (SSSR count). The molecule has 0 aromatic carbocycles. The lowest BCUT2D eigenvalue weighted by Gasteiger charge is -2.16. The van der Waals surface area contributed by atoms with Gasteiger partial charge in [-0.15, -0.1) is 0 Å². The van der Waals surface area contributed by atoms with E-state index in [9.17, 15) is 9.59 Å². The number of hydrogen-bond acceptors (Lipinski definition) is 4. The van der Waals surface area contributed by atoms with Crippen LogP contribution in [0.4, 0.5) is 0 Å². The van der Waals surface area contributed by atoms with Crippen molar-refractivity contribution in [1.82, 2.24) is 5.32 Å². The summed E-state index contributed by atoms with van der Waals surface area (Å²) in [7, 11) is 0. The SMILES string of the molecule is CCOC(CNC(=O)CC(=O)O)OCC. The maximum Gasteiger partial charge on any atom is 0.312 e. The molecule has 0 bridgehead atoms. The van der Waals surface area contributed by atoms with Crippen molar-refractivity contribution in [2.24, 2.45) is 0 Å². The summed E-state index contributed by atoms with van der Waals surface area (Å²) in [5.41, 5.74) is 0. The summed E-state index contributed by atoms with van der Waals surface area (Å²) < 4.78 is 10.3. The smallest absolute Gasteiger partial charge is 0.312 e. The molecular formula is C9H17NO5. The van der Waals surface area contributed by atoms with Gasteiger partial charge in [0.25, 0.3) is 0 Å². The normalized spacial score (nSPS) is 10.3. The number of hydrogen-bond donors (Lipinski definition) is 2. The van der Waals surface area contributed by atoms with E-state index >= 15 is 0 Å². The molecule has 2 N–H and O–H groups in total. The Morgan fingerprint density at radius 3 is 2.20 bits per heavy atom. The Bertz CT molecular complexity index is 201. The maximum atomic E-state index is 11.0. The first-order valence-electron chi connectivity index (χ1n) is 4.81. The second-order valence-electron chi connectivity index (χ2n) is 2.71. The first-order chi connectivity index (χ1) is 7.10. The van der Waals surface area contributed by atoms with E-state index in [1.807, 2.05) is 13.8 Å². The number of rotatable bonds is 8. The average molecular weight is 219 g/mol. The number of ether oxygens (including phenoxy) is 2. The molecule has 6 heteroatoms. The summed E-state index contributed by atoms with van der Waals surface area (Å²) in [6, 6.07) is 0. The first-order valence-corrected chi connectivity index (χ1v) is 4.81. The molecule has 15 heavy (non-hydrogen) atoms. The molecule has 0 saturated heterocycles. The number of aliphatic carboxylic acids is 1. The Labute approximate surface area is 88.6 Å². The van der Waals surface area contributed by atoms with E-state index in [0.717, 1.165) is 0 Å². The van der Waals surface area contributed by atoms with Crippen LogP contribution in [0.15, 0.2) is 0 Å². The van der Waals surface area contributed by atoms with Crippen LogP contribution in [0.2, 0.25) is 0 Å². The zero-order valence-corrected chi connectivity index (χ0v) is 8.99. The van der Waals surface area contributed by atoms with Crippen LogP contribution < -0.4 is 5.32 Å². The standard InChI is InChI=1S/C9H17NO5/c1-3-14-9(15-4-2)6-10-7(11)5-8(12)13/h9H,3-6H2,1-2H3,(H,10,11)(H,12,13). The lowest BCUT2D eigenvalue weighted by atomic mass is 10.4. The molecule has 0 heterocycles. The van der Waals surface area contributed by atoms with E-state index in [1.54, 1.807) is 0 Å². The average Bonchev–Trinajstić information content (AvgIpc) is 2.14. The van der Waals surface area contributed by atoms with Crippen LogP contribution in [-0.4, -0.2) is 43.0 Å². The topological polar surface area (TPSA) is 84.9 Å². The van der Waals surface area contributed by atoms with Gasteiger partial charge in [-0.3, -0.25) is 9.59 Å². The zero-order valence-electron chi connectivity index (χ0n) is 8.99. The fraction of sp³-hybridized carbons (Fsp3) is 0.778. The highest BCUT2D eigenvalue weighted by molar-refractivity contribution is 5.93. The van der Waals surface area contributed by atoms with Gasteiger partial charge in [-0.25, -0.2) is 0 Å². The highest BCUT2D eigenvalue weighted by Gasteiger charge is 2.11. The van der Waals surface area contributed by atoms with Crippen molar-refractivity contribution in [2.75, 3.05) is 19.8 Å². The monoisotopic (exact) mass is 219 g/mol. The van der Waals surface area contributed by atoms with Gasteiger partial charge in [-0.1, -0.05) is 0 Å². The van der Waals surface area contributed by atoms with Crippen LogP contribution in [0.3, 0.4) is 0 Å². The second-order valence-corrected chi connectivity index (χ2v) is 2.71. The van der Waals surface area contributed by atoms with Crippen LogP contribution in [0.25, 0.3) is 0 Å². The van der Waals surface area contributed by atoms with E-state index in [2.05, 4.69) is 5.32 Å². The van der Waals surface area contributed by atoms with Gasteiger partial charge in [0.2, 0.25) is 5.91 Å². The lowest BCUT2D eigenvalue weighted by molar-refractivity contribution is -0.145. The summed E-state index contributed by atoms with van der Waals surface area (Å²) in [5, 5.41) is 10.7. The van der Waals surface area contributed by atoms with Gasteiger partial charge >= 0.3 is 5.97 Å². The molecule has 0 atom stereocenters. The van der Waals surface area contributed by atoms with Crippen molar-refractivity contribution in [3.8, 4) is 0 Å². The number of nitrogens with one attached hydrogen (secondary N) is 1. The molecule has 0 aliphatic carbocycles. The third kappa shape index (κ3) is 7.90. The van der Waals surface area contributed by atoms with Gasteiger partial charge < -0.3 is 19.9 Å². The summed E-state index contributed by atoms with van der Waals surface area (Å²) >= 11 is 0.